The van der Waals surface area contributed by atoms with Crippen LogP contribution >= 0.6 is 0 Å². The maximum atomic E-state index is 10.1. The summed E-state index contributed by atoms with van der Waals surface area (Å²) < 4.78 is 6.61. The van der Waals surface area contributed by atoms with Gasteiger partial charge in [0.15, 0.2) is 0 Å². The van der Waals surface area contributed by atoms with Crippen molar-refractivity contribution < 1.29 is 9.84 Å². The van der Waals surface area contributed by atoms with Crippen LogP contribution in [0.1, 0.15) is 17.4 Å². The van der Waals surface area contributed by atoms with Crippen LogP contribution < -0.4 is 5.32 Å². The molecule has 0 aliphatic rings. The molecule has 0 aliphatic heterocycles. The normalized spacial score (nSPS) is 12.5. The SMILES string of the molecule is COCCNCc1cn(CC(O)c2ccccc2)nn1. The van der Waals surface area contributed by atoms with E-state index in [1.165, 1.54) is 0 Å². The second-order valence-electron chi connectivity index (χ2n) is 4.53. The van der Waals surface area contributed by atoms with E-state index >= 15 is 0 Å². The Hall–Kier alpha value is -1.76. The maximum absolute atomic E-state index is 10.1. The zero-order chi connectivity index (χ0) is 14.2. The molecule has 0 amide bonds. The first-order chi connectivity index (χ1) is 9.79. The van der Waals surface area contributed by atoms with E-state index in [0.29, 0.717) is 19.7 Å². The highest BCUT2D eigenvalue weighted by Crippen LogP contribution is 2.13. The van der Waals surface area contributed by atoms with Gasteiger partial charge in [0.05, 0.1) is 24.9 Å². The third kappa shape index (κ3) is 4.41. The summed E-state index contributed by atoms with van der Waals surface area (Å²) in [5, 5.41) is 21.4. The third-order valence-electron chi connectivity index (χ3n) is 2.92. The summed E-state index contributed by atoms with van der Waals surface area (Å²) in [6.45, 7) is 2.48. The van der Waals surface area contributed by atoms with E-state index in [0.717, 1.165) is 17.8 Å². The number of nitrogens with one attached hydrogen (secondary N) is 1. The number of nitrogens with zero attached hydrogens (tertiary/aromatic N) is 3. The predicted octanol–water partition coefficient (Wildman–Crippen LogP) is 0.748. The van der Waals surface area contributed by atoms with Crippen LogP contribution in [0.5, 0.6) is 0 Å². The Morgan fingerprint density at radius 1 is 1.35 bits per heavy atom. The topological polar surface area (TPSA) is 72.2 Å². The third-order valence-corrected chi connectivity index (χ3v) is 2.92. The van der Waals surface area contributed by atoms with Crippen molar-refractivity contribution in [1.82, 2.24) is 20.3 Å². The highest BCUT2D eigenvalue weighted by atomic mass is 16.5. The Morgan fingerprint density at radius 3 is 2.90 bits per heavy atom. The molecule has 0 radical (unpaired) electrons. The summed E-state index contributed by atoms with van der Waals surface area (Å²) >= 11 is 0. The van der Waals surface area contributed by atoms with Crippen molar-refractivity contribution in [3.63, 3.8) is 0 Å². The van der Waals surface area contributed by atoms with Crippen LogP contribution in [0.2, 0.25) is 0 Å². The van der Waals surface area contributed by atoms with Gasteiger partial charge in [0, 0.05) is 26.4 Å². The molecule has 2 N–H and O–H groups in total. The minimum Gasteiger partial charge on any atom is -0.386 e. The van der Waals surface area contributed by atoms with Crippen LogP contribution in [-0.2, 0) is 17.8 Å². The lowest BCUT2D eigenvalue weighted by atomic mass is 10.1. The summed E-state index contributed by atoms with van der Waals surface area (Å²) in [7, 11) is 1.67. The molecule has 0 spiro atoms. The number of ether oxygens (including phenoxy) is 1. The highest BCUT2D eigenvalue weighted by molar-refractivity contribution is 5.17. The fraction of sp³-hybridized carbons (Fsp3) is 0.429. The van der Waals surface area contributed by atoms with E-state index in [4.69, 9.17) is 4.74 Å². The minimum absolute atomic E-state index is 0.398. The predicted molar refractivity (Wildman–Crippen MR) is 75.0 cm³/mol. The first-order valence-corrected chi connectivity index (χ1v) is 6.61. The number of hydrogen-bond donors (Lipinski definition) is 2. The van der Waals surface area contributed by atoms with Gasteiger partial charge in [0.2, 0.25) is 0 Å². The van der Waals surface area contributed by atoms with Crippen LogP contribution in [-0.4, -0.2) is 40.4 Å². The molecule has 0 bridgehead atoms. The zero-order valence-electron chi connectivity index (χ0n) is 11.6. The number of methoxy groups -OCH3 is 1. The molecule has 0 saturated carbocycles. The maximum Gasteiger partial charge on any atom is 0.0986 e. The Bertz CT molecular complexity index is 501. The average Bonchev–Trinajstić information content (AvgIpc) is 2.92. The van der Waals surface area contributed by atoms with Crippen molar-refractivity contribution in [3.05, 3.63) is 47.8 Å². The molecule has 0 fully saturated rings. The van der Waals surface area contributed by atoms with Gasteiger partial charge in [-0.3, -0.25) is 0 Å². The van der Waals surface area contributed by atoms with Crippen molar-refractivity contribution in [1.29, 1.82) is 0 Å². The molecular weight excluding hydrogens is 256 g/mol. The summed E-state index contributed by atoms with van der Waals surface area (Å²) in [6, 6.07) is 9.54. The standard InChI is InChI=1S/C14H20N4O2/c1-20-8-7-15-9-13-10-18(17-16-13)11-14(19)12-5-3-2-4-6-12/h2-6,10,14-15,19H,7-9,11H2,1H3. The van der Waals surface area contributed by atoms with Crippen molar-refractivity contribution in [2.24, 2.45) is 0 Å². The lowest BCUT2D eigenvalue weighted by Gasteiger charge is -2.09. The molecule has 1 heterocycles. The molecule has 0 aliphatic carbocycles. The van der Waals surface area contributed by atoms with Gasteiger partial charge < -0.3 is 15.2 Å². The number of aliphatic hydroxyl groups is 1. The van der Waals surface area contributed by atoms with Gasteiger partial charge in [-0.05, 0) is 5.56 Å². The van der Waals surface area contributed by atoms with Crippen LogP contribution in [0.4, 0.5) is 0 Å². The average molecular weight is 276 g/mol. The molecule has 2 aromatic rings. The molecule has 1 unspecified atom stereocenters. The Labute approximate surface area is 118 Å². The molecule has 1 aromatic heterocycles. The molecule has 1 aromatic carbocycles. The monoisotopic (exact) mass is 276 g/mol. The summed E-state index contributed by atoms with van der Waals surface area (Å²) in [6.07, 6.45) is 1.26. The Morgan fingerprint density at radius 2 is 2.15 bits per heavy atom. The lowest BCUT2D eigenvalue weighted by molar-refractivity contribution is 0.150. The van der Waals surface area contributed by atoms with Crippen molar-refractivity contribution in [2.45, 2.75) is 19.2 Å². The van der Waals surface area contributed by atoms with Gasteiger partial charge in [-0.2, -0.15) is 0 Å². The second kappa shape index (κ2) is 7.74. The van der Waals surface area contributed by atoms with Crippen molar-refractivity contribution in [3.8, 4) is 0 Å². The van der Waals surface area contributed by atoms with E-state index in [-0.39, 0.29) is 0 Å². The van der Waals surface area contributed by atoms with Crippen molar-refractivity contribution >= 4 is 0 Å². The van der Waals surface area contributed by atoms with E-state index < -0.39 is 6.10 Å². The zero-order valence-corrected chi connectivity index (χ0v) is 11.6. The van der Waals surface area contributed by atoms with E-state index in [1.807, 2.05) is 36.5 Å². The molecule has 0 saturated heterocycles. The molecule has 1 atom stereocenters. The van der Waals surface area contributed by atoms with Crippen molar-refractivity contribution in [2.75, 3.05) is 20.3 Å². The Kier molecular flexibility index (Phi) is 5.67. The van der Waals surface area contributed by atoms with Crippen LogP contribution in [0.3, 0.4) is 0 Å². The first kappa shape index (κ1) is 14.6. The van der Waals surface area contributed by atoms with Gasteiger partial charge >= 0.3 is 0 Å². The lowest BCUT2D eigenvalue weighted by Crippen LogP contribution is -2.18. The Balaban J connectivity index is 1.83. The highest BCUT2D eigenvalue weighted by Gasteiger charge is 2.09. The number of aromatic nitrogens is 3. The molecule has 20 heavy (non-hydrogen) atoms. The molecule has 2 rings (SSSR count). The molecular formula is C14H20N4O2. The van der Waals surface area contributed by atoms with E-state index in [1.54, 1.807) is 11.8 Å². The smallest absolute Gasteiger partial charge is 0.0986 e. The number of hydrogen-bond acceptors (Lipinski definition) is 5. The number of benzene rings is 1. The van der Waals surface area contributed by atoms with E-state index in [9.17, 15) is 5.11 Å². The largest absolute Gasteiger partial charge is 0.386 e. The van der Waals surface area contributed by atoms with Gasteiger partial charge in [0.25, 0.3) is 0 Å². The fourth-order valence-corrected chi connectivity index (χ4v) is 1.86. The number of aliphatic hydroxyl groups excluding tert-OH is 1. The number of rotatable bonds is 8. The minimum atomic E-state index is -0.577. The van der Waals surface area contributed by atoms with Gasteiger partial charge in [-0.25, -0.2) is 4.68 Å². The summed E-state index contributed by atoms with van der Waals surface area (Å²) in [5.41, 5.74) is 1.73. The van der Waals surface area contributed by atoms with Gasteiger partial charge in [-0.1, -0.05) is 35.5 Å². The van der Waals surface area contributed by atoms with Gasteiger partial charge in [-0.15, -0.1) is 5.10 Å². The molecule has 108 valence electrons. The fourth-order valence-electron chi connectivity index (χ4n) is 1.86. The summed E-state index contributed by atoms with van der Waals surface area (Å²) in [5.74, 6) is 0. The van der Waals surface area contributed by atoms with Crippen LogP contribution in [0, 0.1) is 0 Å². The molecule has 6 heteroatoms. The quantitative estimate of drug-likeness (QED) is 0.696. The van der Waals surface area contributed by atoms with Crippen LogP contribution in [0.25, 0.3) is 0 Å². The van der Waals surface area contributed by atoms with Crippen LogP contribution in [0.15, 0.2) is 36.5 Å². The summed E-state index contributed by atoms with van der Waals surface area (Å²) in [4.78, 5) is 0. The van der Waals surface area contributed by atoms with Gasteiger partial charge in [0.1, 0.15) is 0 Å². The molecule has 6 nitrogen and oxygen atoms in total. The van der Waals surface area contributed by atoms with E-state index in [2.05, 4.69) is 15.6 Å². The first-order valence-electron chi connectivity index (χ1n) is 6.61. The second-order valence-corrected chi connectivity index (χ2v) is 4.53.